The summed E-state index contributed by atoms with van der Waals surface area (Å²) < 4.78 is 14.9. The highest BCUT2D eigenvalue weighted by Crippen LogP contribution is 2.20. The zero-order valence-electron chi connectivity index (χ0n) is 14.6. The summed E-state index contributed by atoms with van der Waals surface area (Å²) in [7, 11) is 0. The normalized spacial score (nSPS) is 11.7. The maximum absolute atomic E-state index is 13.1. The second-order valence-electron chi connectivity index (χ2n) is 6.65. The van der Waals surface area contributed by atoms with E-state index in [0.717, 1.165) is 22.6 Å². The molecular weight excluding hydrogens is 309 g/mol. The van der Waals surface area contributed by atoms with E-state index in [1.807, 2.05) is 13.8 Å². The van der Waals surface area contributed by atoms with Crippen molar-refractivity contribution in [2.24, 2.45) is 5.41 Å². The van der Waals surface area contributed by atoms with Crippen molar-refractivity contribution in [2.45, 2.75) is 40.7 Å². The first-order valence-corrected chi connectivity index (χ1v) is 7.97. The number of nitrogens with one attached hydrogen (secondary N) is 1. The maximum Gasteiger partial charge on any atom is 0.309 e. The summed E-state index contributed by atoms with van der Waals surface area (Å²) in [6.45, 7) is 8.58. The van der Waals surface area contributed by atoms with Crippen molar-refractivity contribution in [2.75, 3.05) is 6.54 Å². The molecule has 0 fully saturated rings. The van der Waals surface area contributed by atoms with E-state index in [2.05, 4.69) is 10.4 Å². The number of carbonyl (C=O) groups is 1. The number of halogens is 1. The number of hydrogen-bond acceptors (Lipinski definition) is 3. The molecule has 0 spiro atoms. The molecule has 0 saturated carbocycles. The summed E-state index contributed by atoms with van der Waals surface area (Å²) in [4.78, 5) is 11.1. The van der Waals surface area contributed by atoms with Crippen molar-refractivity contribution in [3.63, 3.8) is 0 Å². The van der Waals surface area contributed by atoms with E-state index in [0.29, 0.717) is 19.5 Å². The average molecular weight is 333 g/mol. The molecule has 2 aromatic rings. The molecule has 0 bridgehead atoms. The smallest absolute Gasteiger partial charge is 0.309 e. The molecular formula is C18H24FN3O2. The first kappa shape index (κ1) is 18.1. The van der Waals surface area contributed by atoms with Crippen LogP contribution in [0.2, 0.25) is 0 Å². The van der Waals surface area contributed by atoms with E-state index in [4.69, 9.17) is 5.11 Å². The summed E-state index contributed by atoms with van der Waals surface area (Å²) in [5, 5.41) is 16.9. The topological polar surface area (TPSA) is 67.2 Å². The predicted octanol–water partition coefficient (Wildman–Crippen LogP) is 3.22. The standard InChI is InChI=1S/C18H24FN3O2/c1-12-16(11-20-10-9-18(3,4)17(23)24)13(2)22(21-12)15-7-5-14(19)6-8-15/h5-8,20H,9-11H2,1-4H3,(H,23,24). The molecule has 2 rings (SSSR count). The van der Waals surface area contributed by atoms with E-state index >= 15 is 0 Å². The fraction of sp³-hybridized carbons (Fsp3) is 0.444. The van der Waals surface area contributed by atoms with Gasteiger partial charge in [0, 0.05) is 17.8 Å². The van der Waals surface area contributed by atoms with Crippen LogP contribution in [-0.2, 0) is 11.3 Å². The van der Waals surface area contributed by atoms with Crippen molar-refractivity contribution >= 4 is 5.97 Å². The third-order valence-electron chi connectivity index (χ3n) is 4.32. The fourth-order valence-corrected chi connectivity index (χ4v) is 2.49. The molecule has 0 amide bonds. The van der Waals surface area contributed by atoms with E-state index < -0.39 is 11.4 Å². The third kappa shape index (κ3) is 4.00. The van der Waals surface area contributed by atoms with E-state index in [9.17, 15) is 9.18 Å². The van der Waals surface area contributed by atoms with Gasteiger partial charge >= 0.3 is 5.97 Å². The minimum atomic E-state index is -0.791. The predicted molar refractivity (Wildman–Crippen MR) is 90.7 cm³/mol. The number of carboxylic acids is 1. The zero-order valence-corrected chi connectivity index (χ0v) is 14.6. The van der Waals surface area contributed by atoms with Crippen LogP contribution in [0.4, 0.5) is 4.39 Å². The minimum absolute atomic E-state index is 0.275. The number of benzene rings is 1. The first-order chi connectivity index (χ1) is 11.2. The minimum Gasteiger partial charge on any atom is -0.481 e. The van der Waals surface area contributed by atoms with Crippen molar-refractivity contribution in [3.8, 4) is 5.69 Å². The average Bonchev–Trinajstić information content (AvgIpc) is 2.79. The molecule has 1 heterocycles. The largest absolute Gasteiger partial charge is 0.481 e. The van der Waals surface area contributed by atoms with Crippen LogP contribution in [0, 0.1) is 25.1 Å². The second-order valence-corrected chi connectivity index (χ2v) is 6.65. The van der Waals surface area contributed by atoms with Gasteiger partial charge in [-0.1, -0.05) is 0 Å². The Morgan fingerprint density at radius 1 is 1.29 bits per heavy atom. The molecule has 0 aliphatic heterocycles. The lowest BCUT2D eigenvalue weighted by Gasteiger charge is -2.19. The van der Waals surface area contributed by atoms with Gasteiger partial charge in [0.05, 0.1) is 16.8 Å². The van der Waals surface area contributed by atoms with E-state index in [-0.39, 0.29) is 5.82 Å². The summed E-state index contributed by atoms with van der Waals surface area (Å²) in [5.41, 5.74) is 3.05. The lowest BCUT2D eigenvalue weighted by molar-refractivity contribution is -0.147. The SMILES string of the molecule is Cc1nn(-c2ccc(F)cc2)c(C)c1CNCCC(C)(C)C(=O)O. The number of aliphatic carboxylic acids is 1. The van der Waals surface area contributed by atoms with Crippen LogP contribution in [0.3, 0.4) is 0 Å². The van der Waals surface area contributed by atoms with Crippen LogP contribution in [-0.4, -0.2) is 27.4 Å². The Balaban J connectivity index is 2.04. The Morgan fingerprint density at radius 3 is 2.50 bits per heavy atom. The van der Waals surface area contributed by atoms with Crippen LogP contribution in [0.5, 0.6) is 0 Å². The molecule has 0 unspecified atom stereocenters. The van der Waals surface area contributed by atoms with Crippen molar-refractivity contribution in [1.29, 1.82) is 0 Å². The van der Waals surface area contributed by atoms with Crippen LogP contribution in [0.15, 0.2) is 24.3 Å². The van der Waals surface area contributed by atoms with Gasteiger partial charge in [-0.3, -0.25) is 4.79 Å². The monoisotopic (exact) mass is 333 g/mol. The molecule has 130 valence electrons. The van der Waals surface area contributed by atoms with Gasteiger partial charge in [0.15, 0.2) is 0 Å². The summed E-state index contributed by atoms with van der Waals surface area (Å²) in [6.07, 6.45) is 0.548. The lowest BCUT2D eigenvalue weighted by atomic mass is 9.90. The summed E-state index contributed by atoms with van der Waals surface area (Å²) in [6, 6.07) is 6.22. The van der Waals surface area contributed by atoms with E-state index in [1.54, 1.807) is 30.7 Å². The number of rotatable bonds is 7. The van der Waals surface area contributed by atoms with E-state index in [1.165, 1.54) is 12.1 Å². The molecule has 0 saturated heterocycles. The fourth-order valence-electron chi connectivity index (χ4n) is 2.49. The van der Waals surface area contributed by atoms with Gasteiger partial charge in [0.2, 0.25) is 0 Å². The Hall–Kier alpha value is -2.21. The van der Waals surface area contributed by atoms with Crippen molar-refractivity contribution in [3.05, 3.63) is 47.0 Å². The van der Waals surface area contributed by atoms with Gasteiger partial charge in [0.1, 0.15) is 5.82 Å². The molecule has 0 aliphatic carbocycles. The Labute approximate surface area is 141 Å². The molecule has 5 nitrogen and oxygen atoms in total. The first-order valence-electron chi connectivity index (χ1n) is 7.97. The molecule has 0 atom stereocenters. The molecule has 1 aromatic heterocycles. The molecule has 24 heavy (non-hydrogen) atoms. The van der Waals surface area contributed by atoms with Crippen LogP contribution < -0.4 is 5.32 Å². The molecule has 1 aromatic carbocycles. The van der Waals surface area contributed by atoms with Gasteiger partial charge in [-0.15, -0.1) is 0 Å². The summed E-state index contributed by atoms with van der Waals surface area (Å²) >= 11 is 0. The van der Waals surface area contributed by atoms with Crippen molar-refractivity contribution in [1.82, 2.24) is 15.1 Å². The highest BCUT2D eigenvalue weighted by Gasteiger charge is 2.26. The Kier molecular flexibility index (Phi) is 5.39. The van der Waals surface area contributed by atoms with Crippen LogP contribution in [0.25, 0.3) is 5.69 Å². The van der Waals surface area contributed by atoms with Gasteiger partial charge in [0.25, 0.3) is 0 Å². The number of hydrogen-bond donors (Lipinski definition) is 2. The number of nitrogens with zero attached hydrogens (tertiary/aromatic N) is 2. The Morgan fingerprint density at radius 2 is 1.92 bits per heavy atom. The van der Waals surface area contributed by atoms with Gasteiger partial charge < -0.3 is 10.4 Å². The molecule has 0 radical (unpaired) electrons. The highest BCUT2D eigenvalue weighted by molar-refractivity contribution is 5.73. The number of aryl methyl sites for hydroxylation is 1. The van der Waals surface area contributed by atoms with Gasteiger partial charge in [-0.25, -0.2) is 9.07 Å². The summed E-state index contributed by atoms with van der Waals surface area (Å²) in [5.74, 6) is -1.07. The Bertz CT molecular complexity index is 721. The van der Waals surface area contributed by atoms with Crippen molar-refractivity contribution < 1.29 is 14.3 Å². The zero-order chi connectivity index (χ0) is 17.9. The second kappa shape index (κ2) is 7.13. The molecule has 6 heteroatoms. The quantitative estimate of drug-likeness (QED) is 0.764. The van der Waals surface area contributed by atoms with Crippen LogP contribution >= 0.6 is 0 Å². The van der Waals surface area contributed by atoms with Gasteiger partial charge in [-0.2, -0.15) is 5.10 Å². The highest BCUT2D eigenvalue weighted by atomic mass is 19.1. The maximum atomic E-state index is 13.1. The lowest BCUT2D eigenvalue weighted by Crippen LogP contribution is -2.29. The van der Waals surface area contributed by atoms with Gasteiger partial charge in [-0.05, 0) is 64.9 Å². The molecule has 0 aliphatic rings. The third-order valence-corrected chi connectivity index (χ3v) is 4.32. The number of aromatic nitrogens is 2. The molecule has 2 N–H and O–H groups in total. The van der Waals surface area contributed by atoms with Crippen LogP contribution in [0.1, 0.15) is 37.2 Å². The number of carboxylic acid groups (broad SMARTS) is 1.